The SMILES string of the molecule is CCCCSCC(NC)c1cc(C)ccc1OC. The quantitative estimate of drug-likeness (QED) is 0.724. The Hall–Kier alpha value is -0.670. The van der Waals surface area contributed by atoms with Crippen LogP contribution in [0.2, 0.25) is 0 Å². The molecule has 0 saturated heterocycles. The van der Waals surface area contributed by atoms with Gasteiger partial charge in [0, 0.05) is 17.4 Å². The Balaban J connectivity index is 2.71. The summed E-state index contributed by atoms with van der Waals surface area (Å²) < 4.78 is 5.46. The number of benzene rings is 1. The summed E-state index contributed by atoms with van der Waals surface area (Å²) in [6.45, 7) is 4.36. The van der Waals surface area contributed by atoms with E-state index in [1.807, 2.05) is 18.8 Å². The molecule has 0 bridgehead atoms. The normalized spacial score (nSPS) is 12.4. The maximum atomic E-state index is 5.46. The summed E-state index contributed by atoms with van der Waals surface area (Å²) in [5.41, 5.74) is 2.55. The van der Waals surface area contributed by atoms with E-state index in [-0.39, 0.29) is 0 Å². The van der Waals surface area contributed by atoms with Gasteiger partial charge in [-0.15, -0.1) is 0 Å². The fourth-order valence-corrected chi connectivity index (χ4v) is 3.14. The lowest BCUT2D eigenvalue weighted by Gasteiger charge is -2.19. The Kier molecular flexibility index (Phi) is 7.21. The van der Waals surface area contributed by atoms with Gasteiger partial charge in [0.2, 0.25) is 0 Å². The number of methoxy groups -OCH3 is 1. The van der Waals surface area contributed by atoms with Gasteiger partial charge in [-0.05, 0) is 32.2 Å². The third-order valence-corrected chi connectivity index (χ3v) is 4.18. The first-order chi connectivity index (χ1) is 8.72. The molecule has 3 heteroatoms. The van der Waals surface area contributed by atoms with Crippen molar-refractivity contribution >= 4 is 11.8 Å². The molecular formula is C15H25NOS. The molecule has 1 unspecified atom stereocenters. The standard InChI is InChI=1S/C15H25NOS/c1-5-6-9-18-11-14(16-3)13-10-12(2)7-8-15(13)17-4/h7-8,10,14,16H,5-6,9,11H2,1-4H3. The summed E-state index contributed by atoms with van der Waals surface area (Å²) in [5.74, 6) is 3.31. The van der Waals surface area contributed by atoms with Gasteiger partial charge in [-0.1, -0.05) is 31.0 Å². The highest BCUT2D eigenvalue weighted by molar-refractivity contribution is 7.99. The van der Waals surface area contributed by atoms with Crippen molar-refractivity contribution in [1.82, 2.24) is 5.32 Å². The number of unbranched alkanes of at least 4 members (excludes halogenated alkanes) is 1. The molecule has 0 amide bonds. The highest BCUT2D eigenvalue weighted by Crippen LogP contribution is 2.28. The maximum absolute atomic E-state index is 5.46. The van der Waals surface area contributed by atoms with Crippen molar-refractivity contribution in [3.8, 4) is 5.75 Å². The Labute approximate surface area is 116 Å². The molecule has 0 aliphatic rings. The van der Waals surface area contributed by atoms with Gasteiger partial charge in [0.1, 0.15) is 5.75 Å². The molecule has 0 spiro atoms. The molecule has 2 nitrogen and oxygen atoms in total. The Morgan fingerprint density at radius 2 is 2.17 bits per heavy atom. The number of thioether (sulfide) groups is 1. The zero-order chi connectivity index (χ0) is 13.4. The number of aryl methyl sites for hydroxylation is 1. The van der Waals surface area contributed by atoms with E-state index in [1.54, 1.807) is 7.11 Å². The van der Waals surface area contributed by atoms with Crippen molar-refractivity contribution in [2.24, 2.45) is 0 Å². The van der Waals surface area contributed by atoms with Gasteiger partial charge in [-0.3, -0.25) is 0 Å². The fraction of sp³-hybridized carbons (Fsp3) is 0.600. The van der Waals surface area contributed by atoms with Crippen LogP contribution in [0.3, 0.4) is 0 Å². The van der Waals surface area contributed by atoms with Gasteiger partial charge in [-0.2, -0.15) is 11.8 Å². The van der Waals surface area contributed by atoms with Crippen LogP contribution in [0, 0.1) is 6.92 Å². The van der Waals surface area contributed by atoms with Crippen molar-refractivity contribution in [1.29, 1.82) is 0 Å². The average molecular weight is 267 g/mol. The zero-order valence-electron chi connectivity index (χ0n) is 12.0. The first kappa shape index (κ1) is 15.4. The van der Waals surface area contributed by atoms with Crippen molar-refractivity contribution in [3.05, 3.63) is 29.3 Å². The third kappa shape index (κ3) is 4.54. The van der Waals surface area contributed by atoms with Gasteiger partial charge in [-0.25, -0.2) is 0 Å². The smallest absolute Gasteiger partial charge is 0.123 e. The van der Waals surface area contributed by atoms with E-state index in [0.29, 0.717) is 6.04 Å². The molecule has 1 atom stereocenters. The molecule has 102 valence electrons. The molecule has 1 N–H and O–H groups in total. The highest BCUT2D eigenvalue weighted by atomic mass is 32.2. The van der Waals surface area contributed by atoms with Crippen LogP contribution in [0.1, 0.15) is 36.9 Å². The molecule has 0 radical (unpaired) electrons. The molecule has 0 saturated carbocycles. The second-order valence-electron chi connectivity index (χ2n) is 4.52. The van der Waals surface area contributed by atoms with Crippen molar-refractivity contribution in [3.63, 3.8) is 0 Å². The van der Waals surface area contributed by atoms with E-state index >= 15 is 0 Å². The van der Waals surface area contributed by atoms with E-state index in [4.69, 9.17) is 4.74 Å². The molecule has 0 aromatic heterocycles. The fourth-order valence-electron chi connectivity index (χ4n) is 1.90. The summed E-state index contributed by atoms with van der Waals surface area (Å²) in [7, 11) is 3.76. The molecule has 1 rings (SSSR count). The van der Waals surface area contributed by atoms with Crippen LogP contribution in [0.15, 0.2) is 18.2 Å². The summed E-state index contributed by atoms with van der Waals surface area (Å²) in [6, 6.07) is 6.74. The van der Waals surface area contributed by atoms with Crippen molar-refractivity contribution < 1.29 is 4.74 Å². The Morgan fingerprint density at radius 1 is 1.39 bits per heavy atom. The minimum Gasteiger partial charge on any atom is -0.496 e. The Bertz CT molecular complexity index is 354. The van der Waals surface area contributed by atoms with E-state index in [2.05, 4.69) is 37.4 Å². The lowest BCUT2D eigenvalue weighted by molar-refractivity contribution is 0.404. The number of rotatable bonds is 8. The number of nitrogens with one attached hydrogen (secondary N) is 1. The van der Waals surface area contributed by atoms with Crippen LogP contribution in [-0.2, 0) is 0 Å². The molecule has 1 aromatic carbocycles. The minimum atomic E-state index is 0.363. The van der Waals surface area contributed by atoms with E-state index < -0.39 is 0 Å². The summed E-state index contributed by atoms with van der Waals surface area (Å²) in [5, 5.41) is 3.40. The topological polar surface area (TPSA) is 21.3 Å². The lowest BCUT2D eigenvalue weighted by atomic mass is 10.0. The summed E-state index contributed by atoms with van der Waals surface area (Å²) in [6.07, 6.45) is 2.57. The highest BCUT2D eigenvalue weighted by Gasteiger charge is 2.14. The summed E-state index contributed by atoms with van der Waals surface area (Å²) >= 11 is 2.01. The largest absolute Gasteiger partial charge is 0.496 e. The van der Waals surface area contributed by atoms with Crippen LogP contribution in [-0.4, -0.2) is 25.7 Å². The third-order valence-electron chi connectivity index (χ3n) is 3.04. The second-order valence-corrected chi connectivity index (χ2v) is 5.66. The van der Waals surface area contributed by atoms with Crippen LogP contribution < -0.4 is 10.1 Å². The molecule has 0 aliphatic heterocycles. The second kappa shape index (κ2) is 8.44. The van der Waals surface area contributed by atoms with Gasteiger partial charge >= 0.3 is 0 Å². The minimum absolute atomic E-state index is 0.363. The van der Waals surface area contributed by atoms with Crippen LogP contribution >= 0.6 is 11.8 Å². The zero-order valence-corrected chi connectivity index (χ0v) is 12.8. The van der Waals surface area contributed by atoms with Gasteiger partial charge in [0.25, 0.3) is 0 Å². The first-order valence-electron chi connectivity index (χ1n) is 6.62. The van der Waals surface area contributed by atoms with E-state index in [1.165, 1.54) is 29.7 Å². The van der Waals surface area contributed by atoms with Gasteiger partial charge in [0.05, 0.1) is 7.11 Å². The van der Waals surface area contributed by atoms with Gasteiger partial charge < -0.3 is 10.1 Å². The lowest BCUT2D eigenvalue weighted by Crippen LogP contribution is -2.19. The maximum Gasteiger partial charge on any atom is 0.123 e. The van der Waals surface area contributed by atoms with Crippen molar-refractivity contribution in [2.75, 3.05) is 25.7 Å². The molecule has 18 heavy (non-hydrogen) atoms. The predicted molar refractivity (Wildman–Crippen MR) is 81.8 cm³/mol. The van der Waals surface area contributed by atoms with Crippen LogP contribution in [0.5, 0.6) is 5.75 Å². The molecular weight excluding hydrogens is 242 g/mol. The van der Waals surface area contributed by atoms with Gasteiger partial charge in [0.15, 0.2) is 0 Å². The molecule has 0 heterocycles. The van der Waals surface area contributed by atoms with E-state index in [0.717, 1.165) is 11.5 Å². The monoisotopic (exact) mass is 267 g/mol. The van der Waals surface area contributed by atoms with Crippen molar-refractivity contribution in [2.45, 2.75) is 32.7 Å². The number of ether oxygens (including phenoxy) is 1. The predicted octanol–water partition coefficient (Wildman–Crippen LogP) is 3.80. The molecule has 1 aromatic rings. The first-order valence-corrected chi connectivity index (χ1v) is 7.78. The van der Waals surface area contributed by atoms with Crippen LogP contribution in [0.4, 0.5) is 0 Å². The number of hydrogen-bond acceptors (Lipinski definition) is 3. The molecule has 0 aliphatic carbocycles. The summed E-state index contributed by atoms with van der Waals surface area (Å²) in [4.78, 5) is 0. The van der Waals surface area contributed by atoms with Crippen LogP contribution in [0.25, 0.3) is 0 Å². The Morgan fingerprint density at radius 3 is 2.78 bits per heavy atom. The van der Waals surface area contributed by atoms with E-state index in [9.17, 15) is 0 Å². The number of hydrogen-bond donors (Lipinski definition) is 1. The average Bonchev–Trinajstić information content (AvgIpc) is 2.39. The molecule has 0 fully saturated rings.